The number of ether oxygens (including phenoxy) is 1. The van der Waals surface area contributed by atoms with Gasteiger partial charge in [0.15, 0.2) is 11.5 Å². The summed E-state index contributed by atoms with van der Waals surface area (Å²) in [5, 5.41) is 20.9. The van der Waals surface area contributed by atoms with E-state index in [0.717, 1.165) is 24.6 Å². The SMILES string of the molecule is Oc1ccc2nnc(C3COCCN3)n2c1. The fourth-order valence-electron chi connectivity index (χ4n) is 1.87. The molecule has 1 fully saturated rings. The fourth-order valence-corrected chi connectivity index (χ4v) is 1.87. The van der Waals surface area contributed by atoms with Crippen LogP contribution in [0.4, 0.5) is 0 Å². The Hall–Kier alpha value is -1.66. The zero-order valence-electron chi connectivity index (χ0n) is 8.63. The van der Waals surface area contributed by atoms with Crippen LogP contribution in [0.15, 0.2) is 18.3 Å². The average molecular weight is 220 g/mol. The molecule has 84 valence electrons. The first kappa shape index (κ1) is 9.56. The number of nitrogens with one attached hydrogen (secondary N) is 1. The van der Waals surface area contributed by atoms with Gasteiger partial charge in [-0.3, -0.25) is 4.40 Å². The average Bonchev–Trinajstić information content (AvgIpc) is 2.73. The third kappa shape index (κ3) is 1.52. The molecule has 1 aliphatic heterocycles. The first-order chi connectivity index (χ1) is 7.84. The van der Waals surface area contributed by atoms with Crippen LogP contribution in [0.25, 0.3) is 5.65 Å². The van der Waals surface area contributed by atoms with Crippen molar-refractivity contribution >= 4 is 5.65 Å². The molecular weight excluding hydrogens is 208 g/mol. The third-order valence-corrected chi connectivity index (χ3v) is 2.65. The van der Waals surface area contributed by atoms with Gasteiger partial charge in [0, 0.05) is 6.54 Å². The number of hydrogen-bond acceptors (Lipinski definition) is 5. The maximum atomic E-state index is 9.44. The number of pyridine rings is 1. The van der Waals surface area contributed by atoms with Gasteiger partial charge >= 0.3 is 0 Å². The highest BCUT2D eigenvalue weighted by Crippen LogP contribution is 2.17. The molecular formula is C10H12N4O2. The molecule has 0 bridgehead atoms. The van der Waals surface area contributed by atoms with E-state index < -0.39 is 0 Å². The van der Waals surface area contributed by atoms with Crippen molar-refractivity contribution in [2.24, 2.45) is 0 Å². The van der Waals surface area contributed by atoms with Crippen LogP contribution in [0.1, 0.15) is 11.9 Å². The summed E-state index contributed by atoms with van der Waals surface area (Å²) in [6.45, 7) is 2.10. The smallest absolute Gasteiger partial charge is 0.161 e. The summed E-state index contributed by atoms with van der Waals surface area (Å²) in [7, 11) is 0. The number of fused-ring (bicyclic) bond motifs is 1. The molecule has 0 amide bonds. The summed E-state index contributed by atoms with van der Waals surface area (Å²) < 4.78 is 7.16. The Morgan fingerprint density at radius 3 is 3.19 bits per heavy atom. The van der Waals surface area contributed by atoms with Crippen LogP contribution in [-0.4, -0.2) is 39.5 Å². The van der Waals surface area contributed by atoms with E-state index in [1.54, 1.807) is 22.7 Å². The van der Waals surface area contributed by atoms with Crippen LogP contribution < -0.4 is 5.32 Å². The van der Waals surface area contributed by atoms with Gasteiger partial charge < -0.3 is 15.2 Å². The molecule has 0 saturated carbocycles. The molecule has 0 aromatic carbocycles. The Bertz CT molecular complexity index is 504. The Labute approximate surface area is 91.9 Å². The van der Waals surface area contributed by atoms with Gasteiger partial charge in [-0.15, -0.1) is 10.2 Å². The summed E-state index contributed by atoms with van der Waals surface area (Å²) in [5.74, 6) is 0.968. The van der Waals surface area contributed by atoms with Crippen molar-refractivity contribution in [2.45, 2.75) is 6.04 Å². The molecule has 0 radical (unpaired) electrons. The first-order valence-electron chi connectivity index (χ1n) is 5.19. The van der Waals surface area contributed by atoms with E-state index in [9.17, 15) is 5.11 Å². The van der Waals surface area contributed by atoms with Crippen LogP contribution in [0, 0.1) is 0 Å². The summed E-state index contributed by atoms with van der Waals surface area (Å²) in [4.78, 5) is 0. The summed E-state index contributed by atoms with van der Waals surface area (Å²) in [6, 6.07) is 3.36. The predicted molar refractivity (Wildman–Crippen MR) is 56.2 cm³/mol. The van der Waals surface area contributed by atoms with Gasteiger partial charge in [-0.05, 0) is 12.1 Å². The molecule has 0 aliphatic carbocycles. The van der Waals surface area contributed by atoms with Crippen molar-refractivity contribution in [3.63, 3.8) is 0 Å². The van der Waals surface area contributed by atoms with Crippen molar-refractivity contribution < 1.29 is 9.84 Å². The van der Waals surface area contributed by atoms with Gasteiger partial charge in [0.2, 0.25) is 0 Å². The Balaban J connectivity index is 2.05. The van der Waals surface area contributed by atoms with Crippen LogP contribution in [0.5, 0.6) is 5.75 Å². The Morgan fingerprint density at radius 2 is 2.38 bits per heavy atom. The molecule has 1 unspecified atom stereocenters. The summed E-state index contributed by atoms with van der Waals surface area (Å²) >= 11 is 0. The minimum absolute atomic E-state index is 0.0329. The number of aromatic nitrogens is 3. The minimum atomic E-state index is 0.0329. The molecule has 3 heterocycles. The fraction of sp³-hybridized carbons (Fsp3) is 0.400. The van der Waals surface area contributed by atoms with Crippen molar-refractivity contribution in [3.05, 3.63) is 24.2 Å². The second-order valence-corrected chi connectivity index (χ2v) is 3.76. The second-order valence-electron chi connectivity index (χ2n) is 3.76. The van der Waals surface area contributed by atoms with E-state index in [0.29, 0.717) is 6.61 Å². The van der Waals surface area contributed by atoms with Crippen molar-refractivity contribution in [3.8, 4) is 5.75 Å². The Kier molecular flexibility index (Phi) is 2.23. The molecule has 1 saturated heterocycles. The second kappa shape index (κ2) is 3.73. The molecule has 2 N–H and O–H groups in total. The topological polar surface area (TPSA) is 71.7 Å². The van der Waals surface area contributed by atoms with Crippen molar-refractivity contribution in [1.82, 2.24) is 19.9 Å². The van der Waals surface area contributed by atoms with Gasteiger partial charge in [-0.25, -0.2) is 0 Å². The quantitative estimate of drug-likeness (QED) is 0.713. The van der Waals surface area contributed by atoms with E-state index >= 15 is 0 Å². The van der Waals surface area contributed by atoms with Gasteiger partial charge in [0.05, 0.1) is 25.5 Å². The third-order valence-electron chi connectivity index (χ3n) is 2.65. The van der Waals surface area contributed by atoms with E-state index in [1.165, 1.54) is 0 Å². The highest BCUT2D eigenvalue weighted by molar-refractivity contribution is 5.41. The number of hydrogen-bond donors (Lipinski definition) is 2. The van der Waals surface area contributed by atoms with Crippen LogP contribution >= 0.6 is 0 Å². The maximum absolute atomic E-state index is 9.44. The zero-order chi connectivity index (χ0) is 11.0. The molecule has 2 aromatic heterocycles. The van der Waals surface area contributed by atoms with Gasteiger partial charge in [-0.2, -0.15) is 0 Å². The summed E-state index contributed by atoms with van der Waals surface area (Å²) in [5.41, 5.74) is 0.722. The molecule has 16 heavy (non-hydrogen) atoms. The minimum Gasteiger partial charge on any atom is -0.506 e. The molecule has 6 heteroatoms. The van der Waals surface area contributed by atoms with Crippen molar-refractivity contribution in [2.75, 3.05) is 19.8 Å². The van der Waals surface area contributed by atoms with Gasteiger partial charge in [0.1, 0.15) is 5.75 Å². The van der Waals surface area contributed by atoms with E-state index in [4.69, 9.17) is 4.74 Å². The standard InChI is InChI=1S/C10H12N4O2/c15-7-1-2-9-12-13-10(14(9)5-7)8-6-16-4-3-11-8/h1-2,5,8,11,15H,3-4,6H2. The molecule has 6 nitrogen and oxygen atoms in total. The van der Waals surface area contributed by atoms with Crippen LogP contribution in [-0.2, 0) is 4.74 Å². The largest absolute Gasteiger partial charge is 0.506 e. The van der Waals surface area contributed by atoms with Crippen molar-refractivity contribution in [1.29, 1.82) is 0 Å². The lowest BCUT2D eigenvalue weighted by Crippen LogP contribution is -2.35. The van der Waals surface area contributed by atoms with Gasteiger partial charge in [-0.1, -0.05) is 0 Å². The lowest BCUT2D eigenvalue weighted by molar-refractivity contribution is 0.0739. The zero-order valence-corrected chi connectivity index (χ0v) is 8.63. The highest BCUT2D eigenvalue weighted by atomic mass is 16.5. The normalized spacial score (nSPS) is 21.4. The number of rotatable bonds is 1. The molecule has 1 aliphatic rings. The molecule has 0 spiro atoms. The lowest BCUT2D eigenvalue weighted by Gasteiger charge is -2.22. The summed E-state index contributed by atoms with van der Waals surface area (Å²) in [6.07, 6.45) is 1.61. The Morgan fingerprint density at radius 1 is 1.44 bits per heavy atom. The van der Waals surface area contributed by atoms with E-state index in [1.807, 2.05) is 0 Å². The van der Waals surface area contributed by atoms with Crippen LogP contribution in [0.3, 0.4) is 0 Å². The van der Waals surface area contributed by atoms with E-state index in [-0.39, 0.29) is 11.8 Å². The highest BCUT2D eigenvalue weighted by Gasteiger charge is 2.20. The number of aromatic hydroxyl groups is 1. The first-order valence-corrected chi connectivity index (χ1v) is 5.19. The molecule has 1 atom stereocenters. The van der Waals surface area contributed by atoms with E-state index in [2.05, 4.69) is 15.5 Å². The predicted octanol–water partition coefficient (Wildman–Crippen LogP) is 0.0958. The maximum Gasteiger partial charge on any atom is 0.161 e. The van der Waals surface area contributed by atoms with Gasteiger partial charge in [0.25, 0.3) is 0 Å². The number of nitrogens with zero attached hydrogens (tertiary/aromatic N) is 3. The van der Waals surface area contributed by atoms with Crippen LogP contribution in [0.2, 0.25) is 0 Å². The molecule has 3 rings (SSSR count). The lowest BCUT2D eigenvalue weighted by atomic mass is 10.2. The monoisotopic (exact) mass is 220 g/mol. The number of morpholine rings is 1. The molecule has 2 aromatic rings.